The molecule has 0 aromatic rings. The maximum absolute atomic E-state index is 11.3. The maximum Gasteiger partial charge on any atom is 0.244 e. The van der Waals surface area contributed by atoms with Crippen molar-refractivity contribution in [1.82, 2.24) is 10.2 Å². The largest absolute Gasteiger partial charge is 0.344 e. The van der Waals surface area contributed by atoms with Crippen molar-refractivity contribution in [3.63, 3.8) is 0 Å². The van der Waals surface area contributed by atoms with Gasteiger partial charge in [0.05, 0.1) is 5.33 Å². The number of halogens is 1. The molecule has 1 saturated heterocycles. The molecule has 0 aliphatic carbocycles. The van der Waals surface area contributed by atoms with Gasteiger partial charge in [-0.25, -0.2) is 0 Å². The van der Waals surface area contributed by atoms with E-state index in [1.54, 1.807) is 11.9 Å². The molecule has 0 aromatic heterocycles. The summed E-state index contributed by atoms with van der Waals surface area (Å²) < 4.78 is 0. The van der Waals surface area contributed by atoms with Gasteiger partial charge in [-0.1, -0.05) is 15.9 Å². The van der Waals surface area contributed by atoms with Crippen molar-refractivity contribution in [2.24, 2.45) is 0 Å². The van der Waals surface area contributed by atoms with E-state index in [2.05, 4.69) is 21.2 Å². The third-order valence-corrected chi connectivity index (χ3v) is 2.39. The smallest absolute Gasteiger partial charge is 0.244 e. The van der Waals surface area contributed by atoms with E-state index in [4.69, 9.17) is 0 Å². The zero-order chi connectivity index (χ0) is 9.14. The van der Waals surface area contributed by atoms with Crippen LogP contribution < -0.4 is 5.32 Å². The topological polar surface area (TPSA) is 49.4 Å². The molecule has 0 bridgehead atoms. The van der Waals surface area contributed by atoms with E-state index in [0.29, 0.717) is 6.42 Å². The lowest BCUT2D eigenvalue weighted by Crippen LogP contribution is -2.41. The molecule has 1 unspecified atom stereocenters. The van der Waals surface area contributed by atoms with Crippen LogP contribution in [0.25, 0.3) is 0 Å². The third-order valence-electron chi connectivity index (χ3n) is 1.88. The zero-order valence-corrected chi connectivity index (χ0v) is 8.43. The Morgan fingerprint density at radius 2 is 2.50 bits per heavy atom. The van der Waals surface area contributed by atoms with E-state index >= 15 is 0 Å². The average molecular weight is 235 g/mol. The molecule has 1 heterocycles. The molecule has 12 heavy (non-hydrogen) atoms. The molecular weight excluding hydrogens is 224 g/mol. The van der Waals surface area contributed by atoms with E-state index in [1.165, 1.54) is 0 Å². The Morgan fingerprint density at radius 3 is 2.92 bits per heavy atom. The lowest BCUT2D eigenvalue weighted by atomic mass is 10.2. The van der Waals surface area contributed by atoms with Crippen molar-refractivity contribution < 1.29 is 9.59 Å². The molecular formula is C7H11BrN2O2. The number of alkyl halides is 1. The number of carbonyl (C=O) groups is 2. The molecule has 68 valence electrons. The quantitative estimate of drug-likeness (QED) is 0.669. The average Bonchev–Trinajstić information content (AvgIpc) is 2.36. The van der Waals surface area contributed by atoms with Crippen LogP contribution >= 0.6 is 15.9 Å². The van der Waals surface area contributed by atoms with Crippen molar-refractivity contribution in [1.29, 1.82) is 0 Å². The first-order valence-corrected chi connectivity index (χ1v) is 4.87. The van der Waals surface area contributed by atoms with Crippen LogP contribution in [0.5, 0.6) is 0 Å². The van der Waals surface area contributed by atoms with Gasteiger partial charge in [-0.05, 0) is 6.42 Å². The van der Waals surface area contributed by atoms with E-state index in [1.807, 2.05) is 0 Å². The molecule has 5 heteroatoms. The molecule has 1 atom stereocenters. The van der Waals surface area contributed by atoms with Gasteiger partial charge in [0.15, 0.2) is 0 Å². The van der Waals surface area contributed by atoms with E-state index < -0.39 is 0 Å². The van der Waals surface area contributed by atoms with Crippen LogP contribution in [0.2, 0.25) is 0 Å². The summed E-state index contributed by atoms with van der Waals surface area (Å²) in [5.74, 6) is -0.132. The lowest BCUT2D eigenvalue weighted by Gasteiger charge is -2.10. The summed E-state index contributed by atoms with van der Waals surface area (Å²) >= 11 is 3.02. The van der Waals surface area contributed by atoms with Gasteiger partial charge in [-0.15, -0.1) is 0 Å². The van der Waals surface area contributed by atoms with Gasteiger partial charge in [-0.2, -0.15) is 0 Å². The SMILES string of the molecule is CN1CCC(NC(=O)CBr)C1=O. The highest BCUT2D eigenvalue weighted by molar-refractivity contribution is 9.09. The first-order chi connectivity index (χ1) is 5.65. The van der Waals surface area contributed by atoms with Crippen LogP contribution in [0.1, 0.15) is 6.42 Å². The summed E-state index contributed by atoms with van der Waals surface area (Å²) in [6.07, 6.45) is 0.716. The van der Waals surface area contributed by atoms with Crippen LogP contribution in [0.15, 0.2) is 0 Å². The highest BCUT2D eigenvalue weighted by Gasteiger charge is 2.29. The molecule has 1 N–H and O–H groups in total. The summed E-state index contributed by atoms with van der Waals surface area (Å²) in [5, 5.41) is 2.88. The predicted octanol–water partition coefficient (Wildman–Crippen LogP) is -0.272. The minimum atomic E-state index is -0.306. The maximum atomic E-state index is 11.3. The molecule has 2 amide bonds. The Balaban J connectivity index is 2.44. The monoisotopic (exact) mass is 234 g/mol. The third kappa shape index (κ3) is 1.97. The number of nitrogens with one attached hydrogen (secondary N) is 1. The predicted molar refractivity (Wildman–Crippen MR) is 48.0 cm³/mol. The molecule has 0 saturated carbocycles. The number of amides is 2. The zero-order valence-electron chi connectivity index (χ0n) is 6.84. The number of carbonyl (C=O) groups excluding carboxylic acids is 2. The van der Waals surface area contributed by atoms with Gasteiger partial charge < -0.3 is 10.2 Å². The molecule has 4 nitrogen and oxygen atoms in total. The van der Waals surface area contributed by atoms with E-state index in [0.717, 1.165) is 6.54 Å². The minimum Gasteiger partial charge on any atom is -0.344 e. The molecule has 0 radical (unpaired) electrons. The number of rotatable bonds is 2. The lowest BCUT2D eigenvalue weighted by molar-refractivity contribution is -0.131. The molecule has 0 aromatic carbocycles. The summed E-state index contributed by atoms with van der Waals surface area (Å²) in [5.41, 5.74) is 0. The van der Waals surface area contributed by atoms with Crippen LogP contribution in [-0.4, -0.2) is 41.7 Å². The van der Waals surface area contributed by atoms with Crippen molar-refractivity contribution in [3.05, 3.63) is 0 Å². The van der Waals surface area contributed by atoms with Gasteiger partial charge in [0.1, 0.15) is 6.04 Å². The summed E-state index contributed by atoms with van der Waals surface area (Å²) in [6, 6.07) is -0.306. The molecule has 1 rings (SSSR count). The second kappa shape index (κ2) is 3.89. The summed E-state index contributed by atoms with van der Waals surface area (Å²) in [7, 11) is 1.74. The van der Waals surface area contributed by atoms with Gasteiger partial charge in [0.25, 0.3) is 0 Å². The highest BCUT2D eigenvalue weighted by atomic mass is 79.9. The van der Waals surface area contributed by atoms with Crippen LogP contribution in [0.3, 0.4) is 0 Å². The second-order valence-electron chi connectivity index (χ2n) is 2.80. The van der Waals surface area contributed by atoms with Crippen molar-refractivity contribution in [3.8, 4) is 0 Å². The highest BCUT2D eigenvalue weighted by Crippen LogP contribution is 2.07. The van der Waals surface area contributed by atoms with Crippen LogP contribution in [0.4, 0.5) is 0 Å². The number of hydrogen-bond acceptors (Lipinski definition) is 2. The number of likely N-dealkylation sites (tertiary alicyclic amines) is 1. The van der Waals surface area contributed by atoms with Crippen molar-refractivity contribution in [2.75, 3.05) is 18.9 Å². The number of hydrogen-bond donors (Lipinski definition) is 1. The first-order valence-electron chi connectivity index (χ1n) is 3.75. The van der Waals surface area contributed by atoms with E-state index in [9.17, 15) is 9.59 Å². The summed E-state index contributed by atoms with van der Waals surface area (Å²) in [6.45, 7) is 0.728. The summed E-state index contributed by atoms with van der Waals surface area (Å²) in [4.78, 5) is 23.8. The minimum absolute atomic E-state index is 0.00398. The Morgan fingerprint density at radius 1 is 1.83 bits per heavy atom. The van der Waals surface area contributed by atoms with Gasteiger partial charge in [0, 0.05) is 13.6 Å². The number of likely N-dealkylation sites (N-methyl/N-ethyl adjacent to an activating group) is 1. The molecule has 1 fully saturated rings. The standard InChI is InChI=1S/C7H11BrN2O2/c1-10-3-2-5(7(10)12)9-6(11)4-8/h5H,2-4H2,1H3,(H,9,11). The van der Waals surface area contributed by atoms with Crippen molar-refractivity contribution >= 4 is 27.7 Å². The normalized spacial score (nSPS) is 23.0. The Labute approximate surface area is 79.4 Å². The van der Waals surface area contributed by atoms with Gasteiger partial charge >= 0.3 is 0 Å². The van der Waals surface area contributed by atoms with Crippen molar-refractivity contribution in [2.45, 2.75) is 12.5 Å². The molecule has 1 aliphatic heterocycles. The first kappa shape index (κ1) is 9.51. The molecule has 1 aliphatic rings. The number of nitrogens with zero attached hydrogens (tertiary/aromatic N) is 1. The van der Waals surface area contributed by atoms with Crippen LogP contribution in [-0.2, 0) is 9.59 Å². The fourth-order valence-electron chi connectivity index (χ4n) is 1.19. The molecule has 0 spiro atoms. The fourth-order valence-corrected chi connectivity index (χ4v) is 1.35. The van der Waals surface area contributed by atoms with Crippen LogP contribution in [0, 0.1) is 0 Å². The second-order valence-corrected chi connectivity index (χ2v) is 3.36. The van der Waals surface area contributed by atoms with Gasteiger partial charge in [0.2, 0.25) is 11.8 Å². The Bertz CT molecular complexity index is 208. The van der Waals surface area contributed by atoms with Gasteiger partial charge in [-0.3, -0.25) is 9.59 Å². The Hall–Kier alpha value is -0.580. The van der Waals surface area contributed by atoms with E-state index in [-0.39, 0.29) is 23.2 Å². The fraction of sp³-hybridized carbons (Fsp3) is 0.714. The Kier molecular flexibility index (Phi) is 3.08.